The number of anilines is 1. The van der Waals surface area contributed by atoms with Gasteiger partial charge in [0.25, 0.3) is 5.91 Å². The summed E-state index contributed by atoms with van der Waals surface area (Å²) in [6.07, 6.45) is 6.28. The van der Waals surface area contributed by atoms with Crippen molar-refractivity contribution in [2.24, 2.45) is 0 Å². The van der Waals surface area contributed by atoms with E-state index in [1.54, 1.807) is 23.3 Å². The molecule has 0 radical (unpaired) electrons. The van der Waals surface area contributed by atoms with Crippen LogP contribution in [0.25, 0.3) is 17.0 Å². The Bertz CT molecular complexity index is 974. The molecule has 6 heteroatoms. The second-order valence-corrected chi connectivity index (χ2v) is 5.41. The van der Waals surface area contributed by atoms with Crippen molar-refractivity contribution in [3.63, 3.8) is 0 Å². The van der Waals surface area contributed by atoms with E-state index < -0.39 is 0 Å². The molecule has 122 valence electrons. The smallest absolute Gasteiger partial charge is 0.258 e. The molecule has 0 bridgehead atoms. The lowest BCUT2D eigenvalue weighted by Gasteiger charge is -2.04. The van der Waals surface area contributed by atoms with Gasteiger partial charge in [-0.1, -0.05) is 18.2 Å². The van der Waals surface area contributed by atoms with Crippen LogP contribution in [0.5, 0.6) is 0 Å². The van der Waals surface area contributed by atoms with Crippen LogP contribution in [0.2, 0.25) is 0 Å². The van der Waals surface area contributed by atoms with Gasteiger partial charge in [0, 0.05) is 17.4 Å². The summed E-state index contributed by atoms with van der Waals surface area (Å²) in [6, 6.07) is 17.0. The van der Waals surface area contributed by atoms with E-state index in [1.165, 1.54) is 6.39 Å². The molecule has 0 saturated carbocycles. The van der Waals surface area contributed by atoms with E-state index in [0.29, 0.717) is 17.0 Å². The van der Waals surface area contributed by atoms with E-state index >= 15 is 0 Å². The molecule has 1 amide bonds. The number of carbonyl (C=O) groups is 1. The third kappa shape index (κ3) is 3.18. The van der Waals surface area contributed by atoms with Gasteiger partial charge in [-0.2, -0.15) is 5.10 Å². The molecule has 2 heterocycles. The van der Waals surface area contributed by atoms with Gasteiger partial charge in [0.2, 0.25) is 0 Å². The molecule has 0 aliphatic carbocycles. The SMILES string of the molecule is O=C(Nc1ccc(-c2cnco2)cc1)c1cnn(-c2ccccc2)c1. The molecule has 6 nitrogen and oxygen atoms in total. The topological polar surface area (TPSA) is 73.0 Å². The quantitative estimate of drug-likeness (QED) is 0.618. The van der Waals surface area contributed by atoms with Gasteiger partial charge in [0.05, 0.1) is 23.6 Å². The van der Waals surface area contributed by atoms with Gasteiger partial charge in [-0.25, -0.2) is 9.67 Å². The molecule has 1 N–H and O–H groups in total. The van der Waals surface area contributed by atoms with E-state index in [9.17, 15) is 4.79 Å². The highest BCUT2D eigenvalue weighted by atomic mass is 16.3. The molecule has 0 unspecified atom stereocenters. The molecule has 0 fully saturated rings. The van der Waals surface area contributed by atoms with Gasteiger partial charge in [-0.3, -0.25) is 4.79 Å². The fraction of sp³-hybridized carbons (Fsp3) is 0. The minimum absolute atomic E-state index is 0.213. The summed E-state index contributed by atoms with van der Waals surface area (Å²) >= 11 is 0. The number of rotatable bonds is 4. The van der Waals surface area contributed by atoms with Crippen molar-refractivity contribution in [1.82, 2.24) is 14.8 Å². The summed E-state index contributed by atoms with van der Waals surface area (Å²) in [7, 11) is 0. The standard InChI is InChI=1S/C19H14N4O2/c24-19(15-10-21-23(12-15)17-4-2-1-3-5-17)22-16-8-6-14(7-9-16)18-11-20-13-25-18/h1-13H,(H,22,24). The van der Waals surface area contributed by atoms with Crippen molar-refractivity contribution in [2.45, 2.75) is 0 Å². The molecule has 0 saturated heterocycles. The zero-order valence-corrected chi connectivity index (χ0v) is 13.2. The third-order valence-electron chi connectivity index (χ3n) is 3.73. The summed E-state index contributed by atoms with van der Waals surface area (Å²) in [5.41, 5.74) is 2.98. The van der Waals surface area contributed by atoms with Crippen LogP contribution in [0.15, 0.2) is 84.0 Å². The Balaban J connectivity index is 1.48. The van der Waals surface area contributed by atoms with Crippen molar-refractivity contribution in [1.29, 1.82) is 0 Å². The normalized spacial score (nSPS) is 10.6. The number of nitrogens with zero attached hydrogens (tertiary/aromatic N) is 3. The first-order valence-corrected chi connectivity index (χ1v) is 7.70. The molecule has 2 aromatic carbocycles. The van der Waals surface area contributed by atoms with Crippen LogP contribution >= 0.6 is 0 Å². The van der Waals surface area contributed by atoms with Crippen LogP contribution < -0.4 is 5.32 Å². The van der Waals surface area contributed by atoms with Crippen molar-refractivity contribution in [3.8, 4) is 17.0 Å². The number of oxazole rings is 1. The molecule has 25 heavy (non-hydrogen) atoms. The number of aromatic nitrogens is 3. The largest absolute Gasteiger partial charge is 0.444 e. The van der Waals surface area contributed by atoms with Gasteiger partial charge < -0.3 is 9.73 Å². The molecule has 4 aromatic rings. The number of para-hydroxylation sites is 1. The maximum atomic E-state index is 12.4. The molecule has 0 aliphatic heterocycles. The first kappa shape index (κ1) is 14.9. The number of nitrogens with one attached hydrogen (secondary N) is 1. The number of carbonyl (C=O) groups excluding carboxylic acids is 1. The highest BCUT2D eigenvalue weighted by Gasteiger charge is 2.10. The third-order valence-corrected chi connectivity index (χ3v) is 3.73. The van der Waals surface area contributed by atoms with E-state index in [4.69, 9.17) is 4.42 Å². The first-order valence-electron chi connectivity index (χ1n) is 7.70. The fourth-order valence-corrected chi connectivity index (χ4v) is 2.44. The second kappa shape index (κ2) is 6.45. The van der Waals surface area contributed by atoms with Crippen molar-refractivity contribution >= 4 is 11.6 Å². The zero-order valence-electron chi connectivity index (χ0n) is 13.2. The lowest BCUT2D eigenvalue weighted by atomic mass is 10.1. The lowest BCUT2D eigenvalue weighted by molar-refractivity contribution is 0.102. The van der Waals surface area contributed by atoms with Crippen molar-refractivity contribution in [2.75, 3.05) is 5.32 Å². The molecular formula is C19H14N4O2. The number of benzene rings is 2. The molecule has 4 rings (SSSR count). The monoisotopic (exact) mass is 330 g/mol. The predicted molar refractivity (Wildman–Crippen MR) is 93.5 cm³/mol. The summed E-state index contributed by atoms with van der Waals surface area (Å²) in [5.74, 6) is 0.469. The predicted octanol–water partition coefficient (Wildman–Crippen LogP) is 3.78. The van der Waals surface area contributed by atoms with Crippen molar-refractivity contribution < 1.29 is 9.21 Å². The fourth-order valence-electron chi connectivity index (χ4n) is 2.44. The van der Waals surface area contributed by atoms with Crippen LogP contribution in [0.1, 0.15) is 10.4 Å². The number of hydrogen-bond acceptors (Lipinski definition) is 4. The molecule has 2 aromatic heterocycles. The Hall–Kier alpha value is -3.67. The number of hydrogen-bond donors (Lipinski definition) is 1. The van der Waals surface area contributed by atoms with E-state index in [2.05, 4.69) is 15.4 Å². The van der Waals surface area contributed by atoms with Gasteiger partial charge in [-0.05, 0) is 36.4 Å². The van der Waals surface area contributed by atoms with Gasteiger partial charge in [-0.15, -0.1) is 0 Å². The Labute approximate surface area is 143 Å². The first-order chi connectivity index (χ1) is 12.3. The Morgan fingerprint density at radius 2 is 1.80 bits per heavy atom. The van der Waals surface area contributed by atoms with E-state index in [0.717, 1.165) is 11.3 Å². The molecule has 0 spiro atoms. The highest BCUT2D eigenvalue weighted by Crippen LogP contribution is 2.21. The van der Waals surface area contributed by atoms with Crippen molar-refractivity contribution in [3.05, 3.63) is 85.1 Å². The molecule has 0 aliphatic rings. The average molecular weight is 330 g/mol. The average Bonchev–Trinajstić information content (AvgIpc) is 3.35. The van der Waals surface area contributed by atoms with Crippen LogP contribution in [0, 0.1) is 0 Å². The summed E-state index contributed by atoms with van der Waals surface area (Å²) in [5, 5.41) is 7.09. The second-order valence-electron chi connectivity index (χ2n) is 5.41. The molecule has 0 atom stereocenters. The molecular weight excluding hydrogens is 316 g/mol. The maximum absolute atomic E-state index is 12.4. The van der Waals surface area contributed by atoms with Gasteiger partial charge >= 0.3 is 0 Å². The van der Waals surface area contributed by atoms with E-state index in [1.807, 2.05) is 54.6 Å². The van der Waals surface area contributed by atoms with Gasteiger partial charge in [0.15, 0.2) is 12.2 Å². The highest BCUT2D eigenvalue weighted by molar-refractivity contribution is 6.04. The van der Waals surface area contributed by atoms with Gasteiger partial charge in [0.1, 0.15) is 0 Å². The minimum atomic E-state index is -0.213. The van der Waals surface area contributed by atoms with Crippen LogP contribution in [-0.2, 0) is 0 Å². The summed E-state index contributed by atoms with van der Waals surface area (Å²) in [6.45, 7) is 0. The lowest BCUT2D eigenvalue weighted by Crippen LogP contribution is -2.10. The summed E-state index contributed by atoms with van der Waals surface area (Å²) < 4.78 is 6.91. The van der Waals surface area contributed by atoms with Crippen LogP contribution in [-0.4, -0.2) is 20.7 Å². The Morgan fingerprint density at radius 1 is 1.00 bits per heavy atom. The van der Waals surface area contributed by atoms with Crippen LogP contribution in [0.3, 0.4) is 0 Å². The maximum Gasteiger partial charge on any atom is 0.258 e. The zero-order chi connectivity index (χ0) is 17.1. The Morgan fingerprint density at radius 3 is 2.52 bits per heavy atom. The number of amides is 1. The Kier molecular flexibility index (Phi) is 3.84. The summed E-state index contributed by atoms with van der Waals surface area (Å²) in [4.78, 5) is 16.3. The minimum Gasteiger partial charge on any atom is -0.444 e. The van der Waals surface area contributed by atoms with E-state index in [-0.39, 0.29) is 5.91 Å². The van der Waals surface area contributed by atoms with Crippen LogP contribution in [0.4, 0.5) is 5.69 Å².